The molecule has 3 rings (SSSR count). The molecular weight excluding hydrogens is 512 g/mol. The maximum Gasteiger partial charge on any atom is 0.123 e. The van der Waals surface area contributed by atoms with E-state index in [1.807, 2.05) is 18.2 Å². The molecule has 42 heavy (non-hydrogen) atoms. The molecule has 0 aliphatic rings. The Bertz CT molecular complexity index is 1270. The summed E-state index contributed by atoms with van der Waals surface area (Å²) in [7, 11) is 0. The number of aryl methyl sites for hydroxylation is 1. The summed E-state index contributed by atoms with van der Waals surface area (Å²) >= 11 is 0. The highest BCUT2D eigenvalue weighted by Gasteiger charge is 2.27. The van der Waals surface area contributed by atoms with Crippen LogP contribution in [-0.2, 0) is 17.3 Å². The van der Waals surface area contributed by atoms with Gasteiger partial charge in [0.1, 0.15) is 5.75 Å². The summed E-state index contributed by atoms with van der Waals surface area (Å²) in [5.74, 6) is 0.441. The van der Waals surface area contributed by atoms with Crippen LogP contribution >= 0.6 is 0 Å². The van der Waals surface area contributed by atoms with Crippen molar-refractivity contribution in [2.45, 2.75) is 118 Å². The van der Waals surface area contributed by atoms with Gasteiger partial charge in [0.15, 0.2) is 0 Å². The van der Waals surface area contributed by atoms with Crippen molar-refractivity contribution in [3.05, 3.63) is 95.7 Å². The second-order valence-corrected chi connectivity index (χ2v) is 15.2. The van der Waals surface area contributed by atoms with Gasteiger partial charge in [0.2, 0.25) is 0 Å². The number of phenolic OH excluding ortho intramolecular Hbond substituents is 1. The van der Waals surface area contributed by atoms with Crippen LogP contribution in [0.2, 0.25) is 0 Å². The van der Waals surface area contributed by atoms with Gasteiger partial charge < -0.3 is 15.3 Å². The molecule has 3 aromatic carbocycles. The van der Waals surface area contributed by atoms with E-state index in [-0.39, 0.29) is 16.2 Å². The van der Waals surface area contributed by atoms with Gasteiger partial charge in [0.05, 0.1) is 0 Å². The molecule has 0 saturated heterocycles. The van der Waals surface area contributed by atoms with Gasteiger partial charge in [0, 0.05) is 28.8 Å². The minimum Gasteiger partial charge on any atom is -0.507 e. The monoisotopic (exact) mass is 568 g/mol. The molecule has 2 N–H and O–H groups in total. The fourth-order valence-corrected chi connectivity index (χ4v) is 5.55. The van der Waals surface area contributed by atoms with Crippen molar-refractivity contribution < 1.29 is 5.11 Å². The Labute approximate surface area is 257 Å². The van der Waals surface area contributed by atoms with Crippen LogP contribution in [0.25, 0.3) is 0 Å². The fourth-order valence-electron chi connectivity index (χ4n) is 5.55. The highest BCUT2D eigenvalue weighted by Crippen LogP contribution is 2.40. The molecule has 0 radical (unpaired) electrons. The molecule has 0 fully saturated rings. The summed E-state index contributed by atoms with van der Waals surface area (Å²) in [4.78, 5) is 2.49. The van der Waals surface area contributed by atoms with E-state index < -0.39 is 0 Å². The zero-order valence-corrected chi connectivity index (χ0v) is 28.1. The lowest BCUT2D eigenvalue weighted by molar-refractivity contribution is 0.343. The first kappa shape index (κ1) is 33.3. The summed E-state index contributed by atoms with van der Waals surface area (Å²) in [6, 6.07) is 23.9. The third-order valence-corrected chi connectivity index (χ3v) is 8.10. The topological polar surface area (TPSA) is 35.5 Å². The van der Waals surface area contributed by atoms with Crippen molar-refractivity contribution in [2.24, 2.45) is 5.41 Å². The summed E-state index contributed by atoms with van der Waals surface area (Å²) < 4.78 is 0. The van der Waals surface area contributed by atoms with E-state index in [0.717, 1.165) is 60.3 Å². The predicted molar refractivity (Wildman–Crippen MR) is 184 cm³/mol. The van der Waals surface area contributed by atoms with Crippen LogP contribution in [0.4, 0.5) is 17.1 Å². The first-order chi connectivity index (χ1) is 19.5. The van der Waals surface area contributed by atoms with Crippen LogP contribution in [0.15, 0.2) is 79.0 Å². The lowest BCUT2D eigenvalue weighted by atomic mass is 9.78. The van der Waals surface area contributed by atoms with Gasteiger partial charge in [-0.1, -0.05) is 106 Å². The molecule has 1 unspecified atom stereocenters. The number of para-hydroxylation sites is 1. The smallest absolute Gasteiger partial charge is 0.123 e. The van der Waals surface area contributed by atoms with E-state index in [1.165, 1.54) is 11.3 Å². The second-order valence-electron chi connectivity index (χ2n) is 15.2. The van der Waals surface area contributed by atoms with E-state index in [2.05, 4.69) is 135 Å². The zero-order valence-electron chi connectivity index (χ0n) is 28.1. The number of hydrogen-bond donors (Lipinski definition) is 2. The van der Waals surface area contributed by atoms with Crippen molar-refractivity contribution in [2.75, 3.05) is 10.2 Å². The number of rotatable bonds is 11. The normalized spacial score (nSPS) is 13.1. The van der Waals surface area contributed by atoms with Crippen LogP contribution < -0.4 is 10.2 Å². The second kappa shape index (κ2) is 13.4. The molecule has 1 atom stereocenters. The molecule has 0 spiro atoms. The first-order valence-electron chi connectivity index (χ1n) is 15.8. The number of allylic oxidation sites excluding steroid dienone is 1. The Balaban J connectivity index is 1.91. The van der Waals surface area contributed by atoms with Crippen molar-refractivity contribution >= 4 is 17.1 Å². The molecule has 0 aliphatic heterocycles. The Morgan fingerprint density at radius 3 is 1.81 bits per heavy atom. The van der Waals surface area contributed by atoms with Gasteiger partial charge in [-0.15, -0.1) is 0 Å². The molecule has 3 nitrogen and oxygen atoms in total. The molecule has 0 saturated carbocycles. The first-order valence-corrected chi connectivity index (χ1v) is 15.8. The minimum atomic E-state index is -0.140. The number of nitrogens with zero attached hydrogens (tertiary/aromatic N) is 1. The lowest BCUT2D eigenvalue weighted by Crippen LogP contribution is -2.35. The number of hydrogen-bond acceptors (Lipinski definition) is 3. The third kappa shape index (κ3) is 9.15. The molecule has 0 heterocycles. The van der Waals surface area contributed by atoms with Crippen molar-refractivity contribution in [3.63, 3.8) is 0 Å². The summed E-state index contributed by atoms with van der Waals surface area (Å²) in [6.07, 6.45) is 5.06. The highest BCUT2D eigenvalue weighted by atomic mass is 16.3. The standard InChI is InChI=1S/C39H56N2O/c1-12-32(24-25-37(3,4)5)41(33-22-20-31(21-23-33)40-30-16-14-13-15-17-30)28(2)18-19-29-26-34(38(6,7)8)36(42)35(27-29)39(9,10)11/h13-17,20-23,26-27,32,40,42H,2,12,18-19,24-25H2,1,3-11H3. The molecule has 0 aliphatic carbocycles. The van der Waals surface area contributed by atoms with Crippen LogP contribution in [0, 0.1) is 5.41 Å². The predicted octanol–water partition coefficient (Wildman–Crippen LogP) is 11.3. The third-order valence-electron chi connectivity index (χ3n) is 8.10. The van der Waals surface area contributed by atoms with E-state index in [0.29, 0.717) is 11.8 Å². The Morgan fingerprint density at radius 2 is 1.33 bits per heavy atom. The average molecular weight is 569 g/mol. The molecule has 3 heteroatoms. The van der Waals surface area contributed by atoms with E-state index >= 15 is 0 Å². The van der Waals surface area contributed by atoms with Gasteiger partial charge in [-0.05, 0) is 101 Å². The molecule has 0 bridgehead atoms. The number of aromatic hydroxyl groups is 1. The van der Waals surface area contributed by atoms with Gasteiger partial charge in [-0.25, -0.2) is 0 Å². The molecule has 3 aromatic rings. The van der Waals surface area contributed by atoms with Gasteiger partial charge >= 0.3 is 0 Å². The largest absolute Gasteiger partial charge is 0.507 e. The average Bonchev–Trinajstić information content (AvgIpc) is 2.89. The van der Waals surface area contributed by atoms with Gasteiger partial charge in [-0.2, -0.15) is 0 Å². The van der Waals surface area contributed by atoms with Crippen molar-refractivity contribution in [1.29, 1.82) is 0 Å². The SMILES string of the molecule is C=C(CCc1cc(C(C)(C)C)c(O)c(C(C)(C)C)c1)N(c1ccc(Nc2ccccc2)cc1)C(CC)CCC(C)(C)C. The van der Waals surface area contributed by atoms with Crippen molar-refractivity contribution in [3.8, 4) is 5.75 Å². The highest BCUT2D eigenvalue weighted by molar-refractivity contribution is 5.64. The van der Waals surface area contributed by atoms with Crippen LogP contribution in [-0.4, -0.2) is 11.1 Å². The maximum absolute atomic E-state index is 11.2. The molecule has 0 aromatic heterocycles. The van der Waals surface area contributed by atoms with E-state index in [4.69, 9.17) is 0 Å². The molecule has 0 amide bonds. The molecule has 228 valence electrons. The Kier molecular flexibility index (Phi) is 10.6. The fraction of sp³-hybridized carbons (Fsp3) is 0.487. The van der Waals surface area contributed by atoms with E-state index in [1.54, 1.807) is 0 Å². The summed E-state index contributed by atoms with van der Waals surface area (Å²) in [5.41, 5.74) is 7.79. The lowest BCUT2D eigenvalue weighted by Gasteiger charge is -2.36. The number of phenols is 1. The van der Waals surface area contributed by atoms with Gasteiger partial charge in [0.25, 0.3) is 0 Å². The Hall–Kier alpha value is -3.20. The van der Waals surface area contributed by atoms with Gasteiger partial charge in [-0.3, -0.25) is 0 Å². The quantitative estimate of drug-likeness (QED) is 0.241. The van der Waals surface area contributed by atoms with Crippen LogP contribution in [0.5, 0.6) is 5.75 Å². The summed E-state index contributed by atoms with van der Waals surface area (Å²) in [6.45, 7) is 27.0. The molecular formula is C39H56N2O. The van der Waals surface area contributed by atoms with Crippen LogP contribution in [0.3, 0.4) is 0 Å². The van der Waals surface area contributed by atoms with Crippen molar-refractivity contribution in [1.82, 2.24) is 0 Å². The number of nitrogens with one attached hydrogen (secondary N) is 1. The number of anilines is 3. The minimum absolute atomic E-state index is 0.140. The zero-order chi connectivity index (χ0) is 31.3. The van der Waals surface area contributed by atoms with Crippen LogP contribution in [0.1, 0.15) is 112 Å². The summed E-state index contributed by atoms with van der Waals surface area (Å²) in [5, 5.41) is 14.7. The number of benzene rings is 3. The van der Waals surface area contributed by atoms with E-state index in [9.17, 15) is 5.11 Å². The Morgan fingerprint density at radius 1 is 0.810 bits per heavy atom. The maximum atomic E-state index is 11.2.